The molecule has 0 aromatic heterocycles. The Morgan fingerprint density at radius 3 is 2.33 bits per heavy atom. The predicted molar refractivity (Wildman–Crippen MR) is 113 cm³/mol. The molecule has 27 heavy (non-hydrogen) atoms. The lowest BCUT2D eigenvalue weighted by atomic mass is 10.2. The molecule has 0 spiro atoms. The zero-order valence-corrected chi connectivity index (χ0v) is 17.7. The van der Waals surface area contributed by atoms with Gasteiger partial charge < -0.3 is 5.32 Å². The Kier molecular flexibility index (Phi) is 8.01. The first kappa shape index (κ1) is 21.6. The molecule has 0 fully saturated rings. The third-order valence-corrected chi connectivity index (χ3v) is 6.27. The predicted octanol–water partition coefficient (Wildman–Crippen LogP) is 3.79. The second-order valence-electron chi connectivity index (χ2n) is 5.91. The number of thioether (sulfide) groups is 1. The van der Waals surface area contributed by atoms with E-state index in [0.29, 0.717) is 29.4 Å². The van der Waals surface area contributed by atoms with Crippen molar-refractivity contribution in [3.05, 3.63) is 59.6 Å². The van der Waals surface area contributed by atoms with Gasteiger partial charge in [0.05, 0.1) is 11.9 Å². The van der Waals surface area contributed by atoms with Gasteiger partial charge in [0.1, 0.15) is 6.04 Å². The molecule has 8 heteroatoms. The van der Waals surface area contributed by atoms with E-state index in [1.165, 1.54) is 4.31 Å². The Morgan fingerprint density at radius 1 is 1.15 bits per heavy atom. The summed E-state index contributed by atoms with van der Waals surface area (Å²) in [5.74, 6) is 0.372. The molecule has 0 heterocycles. The molecular formula is C19H23ClN2O3S2. The molecule has 0 bridgehead atoms. The van der Waals surface area contributed by atoms with Gasteiger partial charge in [-0.2, -0.15) is 0 Å². The molecule has 0 saturated heterocycles. The first-order valence-corrected chi connectivity index (χ1v) is 11.7. The van der Waals surface area contributed by atoms with E-state index in [-0.39, 0.29) is 5.91 Å². The van der Waals surface area contributed by atoms with Gasteiger partial charge in [0.25, 0.3) is 0 Å². The number of hydrogen-bond acceptors (Lipinski definition) is 4. The molecule has 2 rings (SSSR count). The minimum Gasteiger partial charge on any atom is -0.353 e. The Hall–Kier alpha value is -1.70. The highest BCUT2D eigenvalue weighted by molar-refractivity contribution is 7.99. The van der Waals surface area contributed by atoms with Crippen molar-refractivity contribution in [1.82, 2.24) is 5.32 Å². The van der Waals surface area contributed by atoms with Gasteiger partial charge in [-0.15, -0.1) is 11.8 Å². The van der Waals surface area contributed by atoms with Crippen LogP contribution in [0.15, 0.2) is 59.5 Å². The van der Waals surface area contributed by atoms with Gasteiger partial charge in [-0.3, -0.25) is 9.10 Å². The Bertz CT molecular complexity index is 843. The molecule has 0 aliphatic rings. The van der Waals surface area contributed by atoms with Crippen molar-refractivity contribution in [3.8, 4) is 0 Å². The summed E-state index contributed by atoms with van der Waals surface area (Å²) in [6, 6.07) is 15.4. The largest absolute Gasteiger partial charge is 0.353 e. The monoisotopic (exact) mass is 426 g/mol. The summed E-state index contributed by atoms with van der Waals surface area (Å²) in [5.41, 5.74) is 0.484. The van der Waals surface area contributed by atoms with Crippen molar-refractivity contribution in [1.29, 1.82) is 0 Å². The van der Waals surface area contributed by atoms with Crippen LogP contribution in [-0.4, -0.2) is 38.9 Å². The number of nitrogens with one attached hydrogen (secondary N) is 1. The number of nitrogens with zero attached hydrogens (tertiary/aromatic N) is 1. The van der Waals surface area contributed by atoms with Crippen LogP contribution in [0.2, 0.25) is 5.02 Å². The van der Waals surface area contributed by atoms with Crippen LogP contribution in [0.1, 0.15) is 13.3 Å². The molecule has 0 unspecified atom stereocenters. The average molecular weight is 427 g/mol. The minimum absolute atomic E-state index is 0.302. The molecule has 1 amide bonds. The number of carbonyl (C=O) groups is 1. The molecule has 0 saturated carbocycles. The Labute approximate surface area is 170 Å². The fraction of sp³-hybridized carbons (Fsp3) is 0.316. The van der Waals surface area contributed by atoms with Gasteiger partial charge in [-0.05, 0) is 42.8 Å². The third-order valence-electron chi connectivity index (χ3n) is 3.82. The number of sulfonamides is 1. The molecule has 1 N–H and O–H groups in total. The number of para-hydroxylation sites is 1. The van der Waals surface area contributed by atoms with Gasteiger partial charge >= 0.3 is 0 Å². The molecular weight excluding hydrogens is 404 g/mol. The lowest BCUT2D eigenvalue weighted by Crippen LogP contribution is -2.49. The van der Waals surface area contributed by atoms with Crippen LogP contribution in [0.5, 0.6) is 0 Å². The average Bonchev–Trinajstić information content (AvgIpc) is 2.64. The van der Waals surface area contributed by atoms with Gasteiger partial charge in [-0.25, -0.2) is 8.42 Å². The fourth-order valence-electron chi connectivity index (χ4n) is 2.63. The quantitative estimate of drug-likeness (QED) is 0.489. The number of rotatable bonds is 9. The summed E-state index contributed by atoms with van der Waals surface area (Å²) in [6.45, 7) is 2.24. The van der Waals surface area contributed by atoms with Gasteiger partial charge in [0.2, 0.25) is 15.9 Å². The maximum atomic E-state index is 12.6. The summed E-state index contributed by atoms with van der Waals surface area (Å²) in [6.07, 6.45) is 1.49. The molecule has 0 aliphatic carbocycles. The second-order valence-corrected chi connectivity index (χ2v) is 9.38. The minimum atomic E-state index is -3.60. The van der Waals surface area contributed by atoms with Gasteiger partial charge in [-0.1, -0.05) is 36.7 Å². The van der Waals surface area contributed by atoms with Crippen LogP contribution in [0.4, 0.5) is 5.69 Å². The first-order chi connectivity index (χ1) is 12.8. The number of halogens is 1. The normalized spacial score (nSPS) is 12.4. The number of anilines is 1. The number of benzene rings is 2. The Morgan fingerprint density at radius 2 is 1.78 bits per heavy atom. The van der Waals surface area contributed by atoms with Crippen molar-refractivity contribution in [2.24, 2.45) is 0 Å². The third kappa shape index (κ3) is 6.45. The topological polar surface area (TPSA) is 66.5 Å². The van der Waals surface area contributed by atoms with Gasteiger partial charge in [0, 0.05) is 22.2 Å². The molecule has 146 valence electrons. The van der Waals surface area contributed by atoms with Crippen molar-refractivity contribution in [2.75, 3.05) is 22.9 Å². The standard InChI is InChI=1S/C19H23ClN2O3S2/c1-3-18(22(27(2,24)25)16-7-5-4-6-8-16)19(23)21-13-14-26-17-11-9-15(20)10-12-17/h4-12,18H,3,13-14H2,1-2H3,(H,21,23)/t18-/m1/s1. The van der Waals surface area contributed by atoms with Crippen molar-refractivity contribution >= 4 is 45.0 Å². The molecule has 2 aromatic carbocycles. The smallest absolute Gasteiger partial charge is 0.243 e. The van der Waals surface area contributed by atoms with E-state index in [1.807, 2.05) is 24.3 Å². The van der Waals surface area contributed by atoms with E-state index in [0.717, 1.165) is 11.2 Å². The van der Waals surface area contributed by atoms with Gasteiger partial charge in [0.15, 0.2) is 0 Å². The lowest BCUT2D eigenvalue weighted by molar-refractivity contribution is -0.122. The van der Waals surface area contributed by atoms with Crippen LogP contribution < -0.4 is 9.62 Å². The first-order valence-electron chi connectivity index (χ1n) is 8.53. The second kappa shape index (κ2) is 10.0. The number of amides is 1. The summed E-state index contributed by atoms with van der Waals surface area (Å²) in [7, 11) is -3.60. The van der Waals surface area contributed by atoms with E-state index in [1.54, 1.807) is 49.0 Å². The summed E-state index contributed by atoms with van der Waals surface area (Å²) in [4.78, 5) is 13.7. The van der Waals surface area contributed by atoms with Crippen LogP contribution in [0.3, 0.4) is 0 Å². The van der Waals surface area contributed by atoms with Crippen molar-refractivity contribution in [3.63, 3.8) is 0 Å². The van der Waals surface area contributed by atoms with Crippen LogP contribution in [-0.2, 0) is 14.8 Å². The molecule has 0 radical (unpaired) electrons. The number of carbonyl (C=O) groups excluding carboxylic acids is 1. The fourth-order valence-corrected chi connectivity index (χ4v) is 4.73. The Balaban J connectivity index is 1.99. The zero-order valence-electron chi connectivity index (χ0n) is 15.3. The van der Waals surface area contributed by atoms with E-state index in [4.69, 9.17) is 11.6 Å². The zero-order chi connectivity index (χ0) is 19.9. The lowest BCUT2D eigenvalue weighted by Gasteiger charge is -2.30. The van der Waals surface area contributed by atoms with E-state index < -0.39 is 16.1 Å². The van der Waals surface area contributed by atoms with Crippen molar-refractivity contribution in [2.45, 2.75) is 24.3 Å². The molecule has 2 aromatic rings. The van der Waals surface area contributed by atoms with Crippen LogP contribution in [0, 0.1) is 0 Å². The summed E-state index contributed by atoms with van der Waals surface area (Å²) in [5, 5.41) is 3.53. The summed E-state index contributed by atoms with van der Waals surface area (Å²) >= 11 is 7.46. The van der Waals surface area contributed by atoms with E-state index >= 15 is 0 Å². The SMILES string of the molecule is CC[C@H](C(=O)NCCSc1ccc(Cl)cc1)N(c1ccccc1)S(C)(=O)=O. The molecule has 5 nitrogen and oxygen atoms in total. The van der Waals surface area contributed by atoms with Crippen LogP contribution in [0.25, 0.3) is 0 Å². The van der Waals surface area contributed by atoms with Crippen LogP contribution >= 0.6 is 23.4 Å². The summed E-state index contributed by atoms with van der Waals surface area (Å²) < 4.78 is 25.8. The van der Waals surface area contributed by atoms with Crippen molar-refractivity contribution < 1.29 is 13.2 Å². The maximum Gasteiger partial charge on any atom is 0.243 e. The maximum absolute atomic E-state index is 12.6. The van der Waals surface area contributed by atoms with E-state index in [9.17, 15) is 13.2 Å². The molecule has 1 atom stereocenters. The number of hydrogen-bond donors (Lipinski definition) is 1. The molecule has 0 aliphatic heterocycles. The highest BCUT2D eigenvalue weighted by atomic mass is 35.5. The highest BCUT2D eigenvalue weighted by Gasteiger charge is 2.31. The highest BCUT2D eigenvalue weighted by Crippen LogP contribution is 2.22. The van der Waals surface area contributed by atoms with E-state index in [2.05, 4.69) is 5.32 Å².